The maximum atomic E-state index is 9.72. The largest absolute Gasteiger partial charge is 0.393 e. The second-order valence-electron chi connectivity index (χ2n) is 9.17. The zero-order valence-corrected chi connectivity index (χ0v) is 15.7. The summed E-state index contributed by atoms with van der Waals surface area (Å²) in [5.74, 6) is 0.872. The SMILES string of the molecule is C[C@@H]1C[C@H]1NC1CCN(C2(CC#N)CN(C3CCC(O)CC3)C2)CC1. The third-order valence-electron chi connectivity index (χ3n) is 7.31. The van der Waals surface area contributed by atoms with Crippen LogP contribution in [-0.4, -0.2) is 70.9 Å². The van der Waals surface area contributed by atoms with Crippen LogP contribution in [0.5, 0.6) is 0 Å². The molecule has 0 spiro atoms. The van der Waals surface area contributed by atoms with Crippen molar-refractivity contribution in [2.24, 2.45) is 5.92 Å². The molecule has 0 aromatic carbocycles. The normalized spacial score (nSPS) is 39.6. The second kappa shape index (κ2) is 7.15. The third kappa shape index (κ3) is 3.73. The number of hydrogen-bond donors (Lipinski definition) is 2. The average Bonchev–Trinajstić information content (AvgIpc) is 3.27. The zero-order valence-electron chi connectivity index (χ0n) is 15.7. The van der Waals surface area contributed by atoms with Gasteiger partial charge >= 0.3 is 0 Å². The van der Waals surface area contributed by atoms with Crippen LogP contribution in [0.1, 0.15) is 58.3 Å². The fourth-order valence-electron chi connectivity index (χ4n) is 5.34. The third-order valence-corrected chi connectivity index (χ3v) is 7.31. The molecule has 2 heterocycles. The van der Waals surface area contributed by atoms with Gasteiger partial charge in [0.15, 0.2) is 0 Å². The van der Waals surface area contributed by atoms with Gasteiger partial charge in [-0.3, -0.25) is 9.80 Å². The number of likely N-dealkylation sites (tertiary alicyclic amines) is 2. The van der Waals surface area contributed by atoms with Gasteiger partial charge in [0.2, 0.25) is 0 Å². The quantitative estimate of drug-likeness (QED) is 0.794. The van der Waals surface area contributed by atoms with Gasteiger partial charge in [-0.1, -0.05) is 6.92 Å². The van der Waals surface area contributed by atoms with Crippen molar-refractivity contribution in [2.45, 2.75) is 88.1 Å². The molecule has 4 rings (SSSR count). The number of aliphatic hydroxyl groups is 1. The molecular formula is C20H34N4O. The molecule has 2 aliphatic heterocycles. The lowest BCUT2D eigenvalue weighted by Gasteiger charge is -2.59. The Morgan fingerprint density at radius 3 is 2.32 bits per heavy atom. The van der Waals surface area contributed by atoms with Gasteiger partial charge in [-0.05, 0) is 50.9 Å². The van der Waals surface area contributed by atoms with Crippen LogP contribution in [0.2, 0.25) is 0 Å². The molecule has 2 saturated heterocycles. The van der Waals surface area contributed by atoms with E-state index in [1.54, 1.807) is 0 Å². The Bertz CT molecular complexity index is 496. The smallest absolute Gasteiger partial charge is 0.0642 e. The van der Waals surface area contributed by atoms with Crippen molar-refractivity contribution in [2.75, 3.05) is 26.2 Å². The first-order valence-electron chi connectivity index (χ1n) is 10.4. The highest BCUT2D eigenvalue weighted by atomic mass is 16.3. The lowest BCUT2D eigenvalue weighted by atomic mass is 9.79. The molecule has 2 aliphatic carbocycles. The summed E-state index contributed by atoms with van der Waals surface area (Å²) in [6.07, 6.45) is 8.52. The van der Waals surface area contributed by atoms with Crippen LogP contribution in [0, 0.1) is 17.2 Å². The number of aliphatic hydroxyl groups excluding tert-OH is 1. The van der Waals surface area contributed by atoms with Crippen LogP contribution in [0.15, 0.2) is 0 Å². The molecule has 5 nitrogen and oxygen atoms in total. The van der Waals surface area contributed by atoms with E-state index in [1.165, 1.54) is 19.3 Å². The summed E-state index contributed by atoms with van der Waals surface area (Å²) >= 11 is 0. The van der Waals surface area contributed by atoms with E-state index in [4.69, 9.17) is 0 Å². The van der Waals surface area contributed by atoms with Crippen LogP contribution in [0.25, 0.3) is 0 Å². The van der Waals surface area contributed by atoms with Crippen LogP contribution < -0.4 is 5.32 Å². The van der Waals surface area contributed by atoms with Crippen molar-refractivity contribution in [3.05, 3.63) is 0 Å². The monoisotopic (exact) mass is 346 g/mol. The predicted octanol–water partition coefficient (Wildman–Crippen LogP) is 1.72. The molecule has 0 unspecified atom stereocenters. The summed E-state index contributed by atoms with van der Waals surface area (Å²) in [4.78, 5) is 5.21. The maximum absolute atomic E-state index is 9.72. The van der Waals surface area contributed by atoms with Gasteiger partial charge in [-0.15, -0.1) is 0 Å². The van der Waals surface area contributed by atoms with E-state index >= 15 is 0 Å². The van der Waals surface area contributed by atoms with Gasteiger partial charge in [0, 0.05) is 44.3 Å². The molecule has 2 atom stereocenters. The highest BCUT2D eigenvalue weighted by molar-refractivity contribution is 5.11. The van der Waals surface area contributed by atoms with E-state index in [9.17, 15) is 10.4 Å². The summed E-state index contributed by atoms with van der Waals surface area (Å²) in [6.45, 7) is 6.72. The molecular weight excluding hydrogens is 312 g/mol. The first kappa shape index (κ1) is 17.7. The molecule has 2 saturated carbocycles. The Hall–Kier alpha value is -0.670. The lowest BCUT2D eigenvalue weighted by Crippen LogP contribution is -2.73. The number of hydrogen-bond acceptors (Lipinski definition) is 5. The molecule has 25 heavy (non-hydrogen) atoms. The lowest BCUT2D eigenvalue weighted by molar-refractivity contribution is -0.0921. The minimum absolute atomic E-state index is 0.0814. The number of rotatable bonds is 5. The summed E-state index contributed by atoms with van der Waals surface area (Å²) in [6, 6.07) is 4.55. The summed E-state index contributed by atoms with van der Waals surface area (Å²) in [5, 5.41) is 22.9. The van der Waals surface area contributed by atoms with Gasteiger partial charge in [-0.2, -0.15) is 5.26 Å². The zero-order chi connectivity index (χ0) is 17.4. The van der Waals surface area contributed by atoms with Gasteiger partial charge < -0.3 is 10.4 Å². The van der Waals surface area contributed by atoms with E-state index in [0.29, 0.717) is 18.5 Å². The molecule has 4 aliphatic rings. The number of piperidine rings is 1. The van der Waals surface area contributed by atoms with Crippen molar-refractivity contribution < 1.29 is 5.11 Å². The highest BCUT2D eigenvalue weighted by Crippen LogP contribution is 2.38. The number of nitrogens with zero attached hydrogens (tertiary/aromatic N) is 3. The van der Waals surface area contributed by atoms with E-state index in [2.05, 4.69) is 28.1 Å². The molecule has 0 radical (unpaired) electrons. The van der Waals surface area contributed by atoms with Crippen molar-refractivity contribution >= 4 is 0 Å². The second-order valence-corrected chi connectivity index (χ2v) is 9.17. The summed E-state index contributed by atoms with van der Waals surface area (Å²) < 4.78 is 0. The van der Waals surface area contributed by atoms with Crippen molar-refractivity contribution in [1.82, 2.24) is 15.1 Å². The van der Waals surface area contributed by atoms with Crippen LogP contribution >= 0.6 is 0 Å². The molecule has 5 heteroatoms. The first-order valence-corrected chi connectivity index (χ1v) is 10.4. The van der Waals surface area contributed by atoms with E-state index in [0.717, 1.165) is 63.8 Å². The maximum Gasteiger partial charge on any atom is 0.0642 e. The van der Waals surface area contributed by atoms with Crippen LogP contribution in [0.4, 0.5) is 0 Å². The van der Waals surface area contributed by atoms with E-state index in [1.807, 2.05) is 0 Å². The fourth-order valence-corrected chi connectivity index (χ4v) is 5.34. The molecule has 0 bridgehead atoms. The van der Waals surface area contributed by atoms with Crippen molar-refractivity contribution in [3.8, 4) is 6.07 Å². The van der Waals surface area contributed by atoms with Crippen LogP contribution in [0.3, 0.4) is 0 Å². The molecule has 2 N–H and O–H groups in total. The minimum atomic E-state index is -0.0814. The standard InChI is InChI=1S/C20H34N4O/c1-15-12-19(15)22-16-6-10-24(11-7-16)20(8-9-21)13-23(14-20)17-2-4-18(25)5-3-17/h15-19,22,25H,2-8,10-14H2,1H3/t15-,17?,18?,19-/m1/s1. The summed E-state index contributed by atoms with van der Waals surface area (Å²) in [7, 11) is 0. The number of nitrogens with one attached hydrogen (secondary N) is 1. The van der Waals surface area contributed by atoms with Gasteiger partial charge in [0.05, 0.1) is 24.1 Å². The molecule has 0 aromatic heterocycles. The van der Waals surface area contributed by atoms with Crippen LogP contribution in [-0.2, 0) is 0 Å². The van der Waals surface area contributed by atoms with E-state index in [-0.39, 0.29) is 11.6 Å². The molecule has 140 valence electrons. The fraction of sp³-hybridized carbons (Fsp3) is 0.950. The minimum Gasteiger partial charge on any atom is -0.393 e. The highest BCUT2D eigenvalue weighted by Gasteiger charge is 2.50. The Morgan fingerprint density at radius 1 is 1.12 bits per heavy atom. The summed E-state index contributed by atoms with van der Waals surface area (Å²) in [5.41, 5.74) is 0.0999. The van der Waals surface area contributed by atoms with Gasteiger partial charge in [0.25, 0.3) is 0 Å². The number of nitriles is 1. The van der Waals surface area contributed by atoms with Crippen molar-refractivity contribution in [1.29, 1.82) is 5.26 Å². The van der Waals surface area contributed by atoms with Crippen molar-refractivity contribution in [3.63, 3.8) is 0 Å². The van der Waals surface area contributed by atoms with Gasteiger partial charge in [0.1, 0.15) is 0 Å². The van der Waals surface area contributed by atoms with E-state index < -0.39 is 0 Å². The topological polar surface area (TPSA) is 62.5 Å². The Morgan fingerprint density at radius 2 is 1.76 bits per heavy atom. The Balaban J connectivity index is 1.28. The Labute approximate surface area is 152 Å². The Kier molecular flexibility index (Phi) is 5.07. The predicted molar refractivity (Wildman–Crippen MR) is 98.1 cm³/mol. The molecule has 0 amide bonds. The average molecular weight is 347 g/mol. The molecule has 0 aromatic rings. The van der Waals surface area contributed by atoms with Gasteiger partial charge in [-0.25, -0.2) is 0 Å². The first-order chi connectivity index (χ1) is 12.1. The molecule has 4 fully saturated rings.